The monoisotopic (exact) mass is 284 g/mol. The average Bonchev–Trinajstić information content (AvgIpc) is 2.95. The van der Waals surface area contributed by atoms with Crippen molar-refractivity contribution in [2.45, 2.75) is 19.9 Å². The first-order valence-electron chi connectivity index (χ1n) is 6.51. The molecular weight excluding hydrogens is 268 g/mol. The molecular formula is C15H16N4O2. The quantitative estimate of drug-likeness (QED) is 0.820. The second-order valence-electron chi connectivity index (χ2n) is 4.47. The van der Waals surface area contributed by atoms with E-state index in [4.69, 9.17) is 5.11 Å². The molecule has 0 radical (unpaired) electrons. The molecule has 1 heterocycles. The fourth-order valence-electron chi connectivity index (χ4n) is 1.74. The van der Waals surface area contributed by atoms with E-state index in [0.717, 1.165) is 11.1 Å². The minimum absolute atomic E-state index is 0.0206. The van der Waals surface area contributed by atoms with Gasteiger partial charge in [-0.1, -0.05) is 17.9 Å². The van der Waals surface area contributed by atoms with E-state index >= 15 is 0 Å². The molecule has 0 atom stereocenters. The summed E-state index contributed by atoms with van der Waals surface area (Å²) in [5.41, 5.74) is 2.43. The van der Waals surface area contributed by atoms with E-state index in [0.29, 0.717) is 12.1 Å². The number of benzene rings is 1. The zero-order valence-electron chi connectivity index (χ0n) is 11.7. The maximum Gasteiger partial charge on any atom is 0.246 e. The van der Waals surface area contributed by atoms with Crippen LogP contribution in [0.5, 0.6) is 0 Å². The Morgan fingerprint density at radius 1 is 1.48 bits per heavy atom. The maximum atomic E-state index is 12.0. The number of aromatic nitrogens is 3. The highest BCUT2D eigenvalue weighted by atomic mass is 16.2. The third-order valence-electron chi connectivity index (χ3n) is 2.68. The summed E-state index contributed by atoms with van der Waals surface area (Å²) in [7, 11) is 0. The molecule has 1 aromatic carbocycles. The number of carbonyl (C=O) groups excluding carboxylic acids is 1. The Bertz CT molecular complexity index is 669. The van der Waals surface area contributed by atoms with Crippen LogP contribution >= 0.6 is 0 Å². The Morgan fingerprint density at radius 3 is 3.05 bits per heavy atom. The van der Waals surface area contributed by atoms with Crippen LogP contribution in [0.3, 0.4) is 0 Å². The lowest BCUT2D eigenvalue weighted by Crippen LogP contribution is -2.19. The summed E-state index contributed by atoms with van der Waals surface area (Å²) in [4.78, 5) is 15.7. The summed E-state index contributed by atoms with van der Waals surface area (Å²) in [6, 6.07) is 5.62. The molecule has 2 N–H and O–H groups in total. The lowest BCUT2D eigenvalue weighted by molar-refractivity contribution is -0.116. The molecule has 0 unspecified atom stereocenters. The molecule has 0 aliphatic heterocycles. The molecule has 0 saturated carbocycles. The molecule has 2 aromatic rings. The molecule has 0 fully saturated rings. The van der Waals surface area contributed by atoms with E-state index in [1.54, 1.807) is 0 Å². The Kier molecular flexibility index (Phi) is 5.07. The number of hydrogen-bond acceptors (Lipinski definition) is 4. The highest BCUT2D eigenvalue weighted by molar-refractivity contribution is 5.92. The number of rotatable bonds is 4. The predicted molar refractivity (Wildman–Crippen MR) is 78.4 cm³/mol. The van der Waals surface area contributed by atoms with Gasteiger partial charge in [-0.15, -0.1) is 0 Å². The predicted octanol–water partition coefficient (Wildman–Crippen LogP) is 0.959. The van der Waals surface area contributed by atoms with Crippen LogP contribution in [0.25, 0.3) is 0 Å². The number of carbonyl (C=O) groups is 1. The number of nitrogens with zero attached hydrogens (tertiary/aromatic N) is 3. The van der Waals surface area contributed by atoms with Crippen LogP contribution < -0.4 is 5.32 Å². The minimum Gasteiger partial charge on any atom is -0.395 e. The van der Waals surface area contributed by atoms with Crippen molar-refractivity contribution in [3.8, 4) is 11.8 Å². The third-order valence-corrected chi connectivity index (χ3v) is 2.68. The summed E-state index contributed by atoms with van der Waals surface area (Å²) in [6.07, 6.45) is 3.27. The van der Waals surface area contributed by atoms with Gasteiger partial charge in [0.2, 0.25) is 5.91 Å². The topological polar surface area (TPSA) is 80.0 Å². The zero-order valence-corrected chi connectivity index (χ0v) is 11.7. The van der Waals surface area contributed by atoms with Crippen molar-refractivity contribution in [1.82, 2.24) is 14.8 Å². The van der Waals surface area contributed by atoms with E-state index < -0.39 is 0 Å². The molecule has 21 heavy (non-hydrogen) atoms. The first-order valence-corrected chi connectivity index (χ1v) is 6.51. The molecule has 0 aliphatic rings. The number of aryl methyl sites for hydroxylation is 1. The molecule has 0 saturated heterocycles. The van der Waals surface area contributed by atoms with Gasteiger partial charge >= 0.3 is 0 Å². The van der Waals surface area contributed by atoms with Crippen LogP contribution in [0.1, 0.15) is 17.5 Å². The number of aliphatic hydroxyl groups is 1. The first-order chi connectivity index (χ1) is 10.2. The van der Waals surface area contributed by atoms with Crippen molar-refractivity contribution in [3.05, 3.63) is 42.0 Å². The van der Waals surface area contributed by atoms with Gasteiger partial charge in [-0.05, 0) is 24.6 Å². The summed E-state index contributed by atoms with van der Waals surface area (Å²) >= 11 is 0. The van der Waals surface area contributed by atoms with E-state index in [-0.39, 0.29) is 19.1 Å². The van der Waals surface area contributed by atoms with Crippen LogP contribution in [0, 0.1) is 18.8 Å². The summed E-state index contributed by atoms with van der Waals surface area (Å²) < 4.78 is 1.45. The van der Waals surface area contributed by atoms with Gasteiger partial charge < -0.3 is 10.4 Å². The number of hydrogen-bond donors (Lipinski definition) is 2. The lowest BCUT2D eigenvalue weighted by atomic mass is 10.1. The van der Waals surface area contributed by atoms with Crippen molar-refractivity contribution in [2.75, 3.05) is 11.9 Å². The highest BCUT2D eigenvalue weighted by Crippen LogP contribution is 2.16. The van der Waals surface area contributed by atoms with Gasteiger partial charge in [0.15, 0.2) is 0 Å². The Balaban J connectivity index is 2.12. The average molecular weight is 284 g/mol. The van der Waals surface area contributed by atoms with Crippen molar-refractivity contribution < 1.29 is 9.90 Å². The van der Waals surface area contributed by atoms with E-state index in [1.807, 2.05) is 25.1 Å². The van der Waals surface area contributed by atoms with Crippen molar-refractivity contribution in [1.29, 1.82) is 0 Å². The second-order valence-corrected chi connectivity index (χ2v) is 4.47. The van der Waals surface area contributed by atoms with Crippen LogP contribution in [0.4, 0.5) is 5.69 Å². The molecule has 0 bridgehead atoms. The Morgan fingerprint density at radius 2 is 2.33 bits per heavy atom. The number of nitrogens with one attached hydrogen (secondary N) is 1. The lowest BCUT2D eigenvalue weighted by Gasteiger charge is -2.08. The molecule has 108 valence electrons. The van der Waals surface area contributed by atoms with Gasteiger partial charge in [-0.2, -0.15) is 5.10 Å². The smallest absolute Gasteiger partial charge is 0.246 e. The first kappa shape index (κ1) is 14.8. The summed E-state index contributed by atoms with van der Waals surface area (Å²) in [5.74, 6) is 5.62. The van der Waals surface area contributed by atoms with Crippen molar-refractivity contribution in [3.63, 3.8) is 0 Å². The molecule has 6 heteroatoms. The van der Waals surface area contributed by atoms with Crippen LogP contribution in [-0.4, -0.2) is 32.4 Å². The second kappa shape index (κ2) is 7.22. The Hall–Kier alpha value is -2.65. The maximum absolute atomic E-state index is 12.0. The fraction of sp³-hybridized carbons (Fsp3) is 0.267. The summed E-state index contributed by atoms with van der Waals surface area (Å²) in [5, 5.41) is 15.5. The highest BCUT2D eigenvalue weighted by Gasteiger charge is 2.07. The van der Waals surface area contributed by atoms with Crippen LogP contribution in [0.15, 0.2) is 30.9 Å². The number of aliphatic hydroxyl groups excluding tert-OH is 1. The molecule has 0 spiro atoms. The third kappa shape index (κ3) is 4.44. The number of anilines is 1. The van der Waals surface area contributed by atoms with Gasteiger partial charge in [0.25, 0.3) is 0 Å². The van der Waals surface area contributed by atoms with Gasteiger partial charge in [0, 0.05) is 12.0 Å². The molecule has 1 aromatic heterocycles. The fourth-order valence-corrected chi connectivity index (χ4v) is 1.74. The minimum atomic E-state index is -0.199. The van der Waals surface area contributed by atoms with E-state index in [2.05, 4.69) is 27.2 Å². The molecule has 6 nitrogen and oxygen atoms in total. The van der Waals surface area contributed by atoms with Gasteiger partial charge in [-0.3, -0.25) is 4.79 Å². The van der Waals surface area contributed by atoms with Crippen molar-refractivity contribution >= 4 is 11.6 Å². The molecule has 2 rings (SSSR count). The standard InChI is InChI=1S/C15H16N4O2/c1-12-5-6-14(13(8-12)4-2-3-7-20)18-15(21)9-19-11-16-10-17-19/h5-6,8,10-11,20H,3,7,9H2,1H3,(H,18,21). The van der Waals surface area contributed by atoms with Crippen LogP contribution in [-0.2, 0) is 11.3 Å². The largest absolute Gasteiger partial charge is 0.395 e. The van der Waals surface area contributed by atoms with E-state index in [9.17, 15) is 4.79 Å². The van der Waals surface area contributed by atoms with E-state index in [1.165, 1.54) is 17.3 Å². The summed E-state index contributed by atoms with van der Waals surface area (Å²) in [6.45, 7) is 2.07. The molecule has 0 aliphatic carbocycles. The molecule has 1 amide bonds. The Labute approximate surface area is 122 Å². The van der Waals surface area contributed by atoms with Crippen molar-refractivity contribution in [2.24, 2.45) is 0 Å². The number of amides is 1. The van der Waals surface area contributed by atoms with Crippen LogP contribution in [0.2, 0.25) is 0 Å². The van der Waals surface area contributed by atoms with Gasteiger partial charge in [-0.25, -0.2) is 9.67 Å². The normalized spacial score (nSPS) is 9.81. The van der Waals surface area contributed by atoms with Gasteiger partial charge in [0.1, 0.15) is 19.2 Å². The van der Waals surface area contributed by atoms with Gasteiger partial charge in [0.05, 0.1) is 12.3 Å². The SMILES string of the molecule is Cc1ccc(NC(=O)Cn2cncn2)c(C#CCCO)c1. The zero-order chi connectivity index (χ0) is 15.1.